The van der Waals surface area contributed by atoms with Crippen LogP contribution in [-0.4, -0.2) is 6.36 Å². The van der Waals surface area contributed by atoms with E-state index in [0.29, 0.717) is 5.92 Å². The van der Waals surface area contributed by atoms with Crippen molar-refractivity contribution < 1.29 is 17.9 Å². The second kappa shape index (κ2) is 6.66. The van der Waals surface area contributed by atoms with Crippen molar-refractivity contribution in [3.8, 4) is 5.75 Å². The fourth-order valence-corrected chi connectivity index (χ4v) is 1.93. The van der Waals surface area contributed by atoms with Crippen LogP contribution in [0.4, 0.5) is 13.2 Å². The number of halogens is 3. The van der Waals surface area contributed by atoms with Gasteiger partial charge in [0.1, 0.15) is 5.75 Å². The molecule has 0 aliphatic rings. The van der Waals surface area contributed by atoms with Gasteiger partial charge in [0.2, 0.25) is 0 Å². The molecule has 1 aromatic carbocycles. The minimum atomic E-state index is -4.62. The highest BCUT2D eigenvalue weighted by Crippen LogP contribution is 2.24. The molecule has 0 saturated carbocycles. The highest BCUT2D eigenvalue weighted by Gasteiger charge is 2.31. The Morgan fingerprint density at radius 1 is 1.28 bits per heavy atom. The van der Waals surface area contributed by atoms with Crippen LogP contribution in [0, 0.1) is 5.92 Å². The SMILES string of the molecule is CCCCC(C)Cc1cccc(OC(F)(F)F)c1. The summed E-state index contributed by atoms with van der Waals surface area (Å²) in [6, 6.07) is 6.23. The maximum atomic E-state index is 12.1. The highest BCUT2D eigenvalue weighted by molar-refractivity contribution is 5.28. The summed E-state index contributed by atoms with van der Waals surface area (Å²) in [5.41, 5.74) is 0.889. The number of rotatable bonds is 6. The van der Waals surface area contributed by atoms with E-state index in [-0.39, 0.29) is 5.75 Å². The molecule has 1 nitrogen and oxygen atoms in total. The van der Waals surface area contributed by atoms with E-state index >= 15 is 0 Å². The van der Waals surface area contributed by atoms with Crippen molar-refractivity contribution in [2.45, 2.75) is 45.9 Å². The van der Waals surface area contributed by atoms with Gasteiger partial charge in [0.15, 0.2) is 0 Å². The number of ether oxygens (including phenoxy) is 1. The Bertz CT molecular complexity index is 360. The van der Waals surface area contributed by atoms with E-state index in [4.69, 9.17) is 0 Å². The Balaban J connectivity index is 2.59. The number of hydrogen-bond acceptors (Lipinski definition) is 1. The lowest BCUT2D eigenvalue weighted by Gasteiger charge is -2.13. The minimum absolute atomic E-state index is 0.136. The zero-order valence-electron chi connectivity index (χ0n) is 10.8. The summed E-state index contributed by atoms with van der Waals surface area (Å²) in [5, 5.41) is 0. The van der Waals surface area contributed by atoms with Gasteiger partial charge in [-0.25, -0.2) is 0 Å². The molecule has 1 aromatic rings. The third kappa shape index (κ3) is 5.94. The van der Waals surface area contributed by atoms with Crippen LogP contribution in [0.1, 0.15) is 38.7 Å². The number of alkyl halides is 3. The van der Waals surface area contributed by atoms with Crippen LogP contribution in [0.25, 0.3) is 0 Å². The molecule has 0 aliphatic heterocycles. The molecular weight excluding hydrogens is 241 g/mol. The molecule has 0 radical (unpaired) electrons. The third-order valence-electron chi connectivity index (χ3n) is 2.77. The minimum Gasteiger partial charge on any atom is -0.406 e. The first kappa shape index (κ1) is 14.9. The van der Waals surface area contributed by atoms with Crippen LogP contribution in [0.5, 0.6) is 5.75 Å². The summed E-state index contributed by atoms with van der Waals surface area (Å²) in [5.74, 6) is 0.341. The number of benzene rings is 1. The molecule has 0 aromatic heterocycles. The van der Waals surface area contributed by atoms with Crippen molar-refractivity contribution in [2.75, 3.05) is 0 Å². The second-order valence-corrected chi connectivity index (χ2v) is 4.65. The van der Waals surface area contributed by atoms with Gasteiger partial charge >= 0.3 is 6.36 Å². The monoisotopic (exact) mass is 260 g/mol. The largest absolute Gasteiger partial charge is 0.573 e. The fraction of sp³-hybridized carbons (Fsp3) is 0.571. The molecule has 0 spiro atoms. The molecule has 18 heavy (non-hydrogen) atoms. The van der Waals surface area contributed by atoms with Crippen LogP contribution in [0.15, 0.2) is 24.3 Å². The van der Waals surface area contributed by atoms with Gasteiger partial charge in [-0.15, -0.1) is 13.2 Å². The summed E-state index contributed by atoms with van der Waals surface area (Å²) in [4.78, 5) is 0. The lowest BCUT2D eigenvalue weighted by Crippen LogP contribution is -2.17. The number of hydrogen-bond donors (Lipinski definition) is 0. The van der Waals surface area contributed by atoms with Gasteiger partial charge in [0.25, 0.3) is 0 Å². The van der Waals surface area contributed by atoms with Crippen LogP contribution in [-0.2, 0) is 6.42 Å². The molecule has 0 amide bonds. The van der Waals surface area contributed by atoms with Crippen molar-refractivity contribution in [3.05, 3.63) is 29.8 Å². The van der Waals surface area contributed by atoms with Crippen LogP contribution in [0.2, 0.25) is 0 Å². The molecule has 0 N–H and O–H groups in total. The maximum absolute atomic E-state index is 12.1. The highest BCUT2D eigenvalue weighted by atomic mass is 19.4. The molecule has 0 aliphatic carbocycles. The van der Waals surface area contributed by atoms with Gasteiger partial charge in [-0.3, -0.25) is 0 Å². The fourth-order valence-electron chi connectivity index (χ4n) is 1.93. The first-order valence-corrected chi connectivity index (χ1v) is 6.25. The summed E-state index contributed by atoms with van der Waals surface area (Å²) in [7, 11) is 0. The molecule has 0 fully saturated rings. The van der Waals surface area contributed by atoms with Crippen LogP contribution in [0.3, 0.4) is 0 Å². The number of unbranched alkanes of at least 4 members (excludes halogenated alkanes) is 1. The predicted molar refractivity (Wildman–Crippen MR) is 65.5 cm³/mol. The van der Waals surface area contributed by atoms with Crippen molar-refractivity contribution in [1.82, 2.24) is 0 Å². The van der Waals surface area contributed by atoms with Gasteiger partial charge in [-0.1, -0.05) is 45.2 Å². The molecule has 1 unspecified atom stereocenters. The summed E-state index contributed by atoms with van der Waals surface area (Å²) >= 11 is 0. The average Bonchev–Trinajstić information content (AvgIpc) is 2.24. The molecule has 1 rings (SSSR count). The zero-order valence-corrected chi connectivity index (χ0v) is 10.8. The lowest BCUT2D eigenvalue weighted by molar-refractivity contribution is -0.274. The lowest BCUT2D eigenvalue weighted by atomic mass is 9.96. The third-order valence-corrected chi connectivity index (χ3v) is 2.77. The van der Waals surface area contributed by atoms with Gasteiger partial charge < -0.3 is 4.74 Å². The van der Waals surface area contributed by atoms with E-state index in [1.54, 1.807) is 6.07 Å². The normalized spacial score (nSPS) is 13.4. The molecule has 102 valence electrons. The molecule has 0 heterocycles. The molecule has 4 heteroatoms. The topological polar surface area (TPSA) is 9.23 Å². The maximum Gasteiger partial charge on any atom is 0.573 e. The van der Waals surface area contributed by atoms with Gasteiger partial charge in [-0.05, 0) is 30.0 Å². The Morgan fingerprint density at radius 2 is 2.00 bits per heavy atom. The van der Waals surface area contributed by atoms with Crippen molar-refractivity contribution in [3.63, 3.8) is 0 Å². The van der Waals surface area contributed by atoms with Gasteiger partial charge in [-0.2, -0.15) is 0 Å². The zero-order chi connectivity index (χ0) is 13.6. The smallest absolute Gasteiger partial charge is 0.406 e. The summed E-state index contributed by atoms with van der Waals surface area (Å²) < 4.78 is 40.1. The van der Waals surface area contributed by atoms with Crippen molar-refractivity contribution >= 4 is 0 Å². The standard InChI is InChI=1S/C14H19F3O/c1-3-4-6-11(2)9-12-7-5-8-13(10-12)18-14(15,16)17/h5,7-8,10-11H,3-4,6,9H2,1-2H3. The van der Waals surface area contributed by atoms with E-state index in [9.17, 15) is 13.2 Å². The van der Waals surface area contributed by atoms with Gasteiger partial charge in [0, 0.05) is 0 Å². The average molecular weight is 260 g/mol. The quantitative estimate of drug-likeness (QED) is 0.702. The van der Waals surface area contributed by atoms with Crippen LogP contribution >= 0.6 is 0 Å². The Labute approximate surface area is 106 Å². The molecular formula is C14H19F3O. The van der Waals surface area contributed by atoms with Crippen LogP contribution < -0.4 is 4.74 Å². The first-order valence-electron chi connectivity index (χ1n) is 6.25. The van der Waals surface area contributed by atoms with E-state index in [1.165, 1.54) is 12.1 Å². The second-order valence-electron chi connectivity index (χ2n) is 4.65. The van der Waals surface area contributed by atoms with Crippen molar-refractivity contribution in [1.29, 1.82) is 0 Å². The Morgan fingerprint density at radius 3 is 2.61 bits per heavy atom. The molecule has 0 bridgehead atoms. The first-order chi connectivity index (χ1) is 8.40. The van der Waals surface area contributed by atoms with E-state index in [2.05, 4.69) is 18.6 Å². The summed E-state index contributed by atoms with van der Waals surface area (Å²) in [6.45, 7) is 4.25. The van der Waals surface area contributed by atoms with E-state index in [0.717, 1.165) is 31.2 Å². The summed E-state index contributed by atoms with van der Waals surface area (Å²) in [6.07, 6.45) is -0.441. The predicted octanol–water partition coefficient (Wildman–Crippen LogP) is 4.95. The van der Waals surface area contributed by atoms with E-state index in [1.807, 2.05) is 6.07 Å². The molecule has 1 atom stereocenters. The van der Waals surface area contributed by atoms with Crippen molar-refractivity contribution in [2.24, 2.45) is 5.92 Å². The van der Waals surface area contributed by atoms with Gasteiger partial charge in [0.05, 0.1) is 0 Å². The van der Waals surface area contributed by atoms with E-state index < -0.39 is 6.36 Å². The molecule has 0 saturated heterocycles. The Kier molecular flexibility index (Phi) is 5.51. The Hall–Kier alpha value is -1.19.